The Kier molecular flexibility index (Phi) is 5.98. The number of ether oxygens (including phenoxy) is 1. The number of hydrogen-bond donors (Lipinski definition) is 1. The van der Waals surface area contributed by atoms with Crippen LogP contribution in [0.25, 0.3) is 0 Å². The number of esters is 1. The molecular weight excluding hydrogens is 262 g/mol. The van der Waals surface area contributed by atoms with Crippen LogP contribution in [-0.4, -0.2) is 48.6 Å². The summed E-state index contributed by atoms with van der Waals surface area (Å²) >= 11 is 0. The Hall–Kier alpha value is -1.59. The summed E-state index contributed by atoms with van der Waals surface area (Å²) in [4.78, 5) is 36.1. The largest absolute Gasteiger partial charge is 0.481 e. The molecule has 0 aromatic carbocycles. The molecule has 0 saturated heterocycles. The molecule has 1 rings (SSSR count). The second-order valence-corrected chi connectivity index (χ2v) is 5.46. The van der Waals surface area contributed by atoms with Crippen molar-refractivity contribution in [2.75, 3.05) is 20.7 Å². The van der Waals surface area contributed by atoms with Crippen molar-refractivity contribution >= 4 is 17.8 Å². The van der Waals surface area contributed by atoms with Crippen LogP contribution in [0.3, 0.4) is 0 Å². The molecule has 20 heavy (non-hydrogen) atoms. The summed E-state index contributed by atoms with van der Waals surface area (Å²) in [6.45, 7) is 0.251. The van der Waals surface area contributed by atoms with Crippen LogP contribution >= 0.6 is 0 Å². The van der Waals surface area contributed by atoms with Crippen LogP contribution in [-0.2, 0) is 19.1 Å². The Bertz CT molecular complexity index is 374. The highest BCUT2D eigenvalue weighted by Crippen LogP contribution is 2.39. The second kappa shape index (κ2) is 7.26. The molecule has 1 saturated carbocycles. The number of carboxylic acid groups (broad SMARTS) is 1. The Labute approximate surface area is 119 Å². The number of methoxy groups -OCH3 is 1. The van der Waals surface area contributed by atoms with Crippen LogP contribution < -0.4 is 0 Å². The summed E-state index contributed by atoms with van der Waals surface area (Å²) in [5.74, 6) is -1.49. The van der Waals surface area contributed by atoms with E-state index in [0.717, 1.165) is 19.3 Å². The predicted molar refractivity (Wildman–Crippen MR) is 72.0 cm³/mol. The van der Waals surface area contributed by atoms with Gasteiger partial charge in [-0.15, -0.1) is 0 Å². The van der Waals surface area contributed by atoms with Crippen molar-refractivity contribution in [3.8, 4) is 0 Å². The number of rotatable bonds is 6. The number of carboxylic acids is 1. The number of carbonyl (C=O) groups excluding carboxylic acids is 2. The Morgan fingerprint density at radius 1 is 1.20 bits per heavy atom. The molecule has 1 aliphatic carbocycles. The standard InChI is InChI=1S/C14H23NO5/c1-15(9-6-12(17)20-2)11(16)10-14(13(18)19)7-4-3-5-8-14/h3-10H2,1-2H3,(H,18,19). The van der Waals surface area contributed by atoms with Gasteiger partial charge >= 0.3 is 11.9 Å². The maximum atomic E-state index is 12.1. The molecule has 0 aromatic rings. The van der Waals surface area contributed by atoms with Crippen molar-refractivity contribution < 1.29 is 24.2 Å². The van der Waals surface area contributed by atoms with Gasteiger partial charge in [0, 0.05) is 20.0 Å². The fourth-order valence-corrected chi connectivity index (χ4v) is 2.61. The molecule has 0 atom stereocenters. The fraction of sp³-hybridized carbons (Fsp3) is 0.786. The molecule has 114 valence electrons. The summed E-state index contributed by atoms with van der Waals surface area (Å²) in [6, 6.07) is 0. The van der Waals surface area contributed by atoms with E-state index in [4.69, 9.17) is 0 Å². The van der Waals surface area contributed by atoms with Gasteiger partial charge in [-0.05, 0) is 12.8 Å². The van der Waals surface area contributed by atoms with Gasteiger partial charge in [0.1, 0.15) is 0 Å². The second-order valence-electron chi connectivity index (χ2n) is 5.46. The highest BCUT2D eigenvalue weighted by molar-refractivity contribution is 5.85. The van der Waals surface area contributed by atoms with Gasteiger partial charge in [-0.3, -0.25) is 14.4 Å². The summed E-state index contributed by atoms with van der Waals surface area (Å²) in [6.07, 6.45) is 3.98. The Morgan fingerprint density at radius 2 is 1.80 bits per heavy atom. The summed E-state index contributed by atoms with van der Waals surface area (Å²) in [7, 11) is 2.88. The van der Waals surface area contributed by atoms with Gasteiger partial charge in [-0.2, -0.15) is 0 Å². The van der Waals surface area contributed by atoms with E-state index < -0.39 is 11.4 Å². The summed E-state index contributed by atoms with van der Waals surface area (Å²) in [5.41, 5.74) is -0.922. The molecule has 0 spiro atoms. The van der Waals surface area contributed by atoms with E-state index in [-0.39, 0.29) is 31.3 Å². The van der Waals surface area contributed by atoms with Crippen LogP contribution in [0.5, 0.6) is 0 Å². The zero-order valence-corrected chi connectivity index (χ0v) is 12.2. The van der Waals surface area contributed by atoms with Crippen LogP contribution in [0.2, 0.25) is 0 Å². The third kappa shape index (κ3) is 4.21. The van der Waals surface area contributed by atoms with Gasteiger partial charge in [0.25, 0.3) is 0 Å². The number of aliphatic carboxylic acids is 1. The first-order valence-electron chi connectivity index (χ1n) is 6.95. The van der Waals surface area contributed by atoms with E-state index in [1.165, 1.54) is 12.0 Å². The smallest absolute Gasteiger partial charge is 0.310 e. The lowest BCUT2D eigenvalue weighted by Crippen LogP contribution is -2.40. The average Bonchev–Trinajstić information content (AvgIpc) is 2.44. The molecule has 0 heterocycles. The SMILES string of the molecule is COC(=O)CCN(C)C(=O)CC1(C(=O)O)CCCCC1. The molecule has 1 N–H and O–H groups in total. The van der Waals surface area contributed by atoms with Gasteiger partial charge in [-0.25, -0.2) is 0 Å². The topological polar surface area (TPSA) is 83.9 Å². The van der Waals surface area contributed by atoms with E-state index in [9.17, 15) is 19.5 Å². The molecule has 1 amide bonds. The van der Waals surface area contributed by atoms with Crippen molar-refractivity contribution in [1.82, 2.24) is 4.90 Å². The minimum absolute atomic E-state index is 0.0139. The Balaban J connectivity index is 2.57. The molecule has 0 radical (unpaired) electrons. The summed E-state index contributed by atoms with van der Waals surface area (Å²) < 4.78 is 4.52. The molecule has 6 heteroatoms. The lowest BCUT2D eigenvalue weighted by atomic mass is 9.71. The van der Waals surface area contributed by atoms with E-state index in [1.54, 1.807) is 7.05 Å². The van der Waals surface area contributed by atoms with Gasteiger partial charge in [0.2, 0.25) is 5.91 Å². The molecular formula is C14H23NO5. The minimum atomic E-state index is -0.922. The molecule has 1 aliphatic rings. The van der Waals surface area contributed by atoms with Crippen molar-refractivity contribution in [3.05, 3.63) is 0 Å². The number of nitrogens with zero attached hydrogens (tertiary/aromatic N) is 1. The van der Waals surface area contributed by atoms with Crippen LogP contribution in [0.4, 0.5) is 0 Å². The van der Waals surface area contributed by atoms with Gasteiger partial charge < -0.3 is 14.7 Å². The van der Waals surface area contributed by atoms with Gasteiger partial charge in [0.15, 0.2) is 0 Å². The molecule has 1 fully saturated rings. The molecule has 0 aliphatic heterocycles. The highest BCUT2D eigenvalue weighted by Gasteiger charge is 2.41. The van der Waals surface area contributed by atoms with E-state index in [1.807, 2.05) is 0 Å². The Morgan fingerprint density at radius 3 is 2.30 bits per heavy atom. The monoisotopic (exact) mass is 285 g/mol. The third-order valence-corrected chi connectivity index (χ3v) is 4.06. The van der Waals surface area contributed by atoms with Crippen LogP contribution in [0.1, 0.15) is 44.9 Å². The molecule has 6 nitrogen and oxygen atoms in total. The van der Waals surface area contributed by atoms with Crippen molar-refractivity contribution in [1.29, 1.82) is 0 Å². The summed E-state index contributed by atoms with van der Waals surface area (Å²) in [5, 5.41) is 9.43. The third-order valence-electron chi connectivity index (χ3n) is 4.06. The van der Waals surface area contributed by atoms with Gasteiger partial charge in [0.05, 0.1) is 18.9 Å². The van der Waals surface area contributed by atoms with E-state index in [0.29, 0.717) is 12.8 Å². The minimum Gasteiger partial charge on any atom is -0.481 e. The van der Waals surface area contributed by atoms with E-state index in [2.05, 4.69) is 4.74 Å². The van der Waals surface area contributed by atoms with E-state index >= 15 is 0 Å². The van der Waals surface area contributed by atoms with Crippen molar-refractivity contribution in [2.45, 2.75) is 44.9 Å². The average molecular weight is 285 g/mol. The fourth-order valence-electron chi connectivity index (χ4n) is 2.61. The first-order valence-corrected chi connectivity index (χ1v) is 6.95. The lowest BCUT2D eigenvalue weighted by Gasteiger charge is -2.33. The number of amides is 1. The predicted octanol–water partition coefficient (Wildman–Crippen LogP) is 1.43. The van der Waals surface area contributed by atoms with Gasteiger partial charge in [-0.1, -0.05) is 19.3 Å². The first-order chi connectivity index (χ1) is 9.41. The van der Waals surface area contributed by atoms with Crippen LogP contribution in [0, 0.1) is 5.41 Å². The highest BCUT2D eigenvalue weighted by atomic mass is 16.5. The molecule has 0 unspecified atom stereocenters. The van der Waals surface area contributed by atoms with Crippen molar-refractivity contribution in [3.63, 3.8) is 0 Å². The normalized spacial score (nSPS) is 17.3. The van der Waals surface area contributed by atoms with Crippen LogP contribution in [0.15, 0.2) is 0 Å². The first kappa shape index (κ1) is 16.5. The zero-order chi connectivity index (χ0) is 15.2. The maximum absolute atomic E-state index is 12.1. The molecule has 0 aromatic heterocycles. The lowest BCUT2D eigenvalue weighted by molar-refractivity contribution is -0.156. The number of hydrogen-bond acceptors (Lipinski definition) is 4. The quantitative estimate of drug-likeness (QED) is 0.746. The molecule has 0 bridgehead atoms. The zero-order valence-electron chi connectivity index (χ0n) is 12.2. The van der Waals surface area contributed by atoms with Crippen molar-refractivity contribution in [2.24, 2.45) is 5.41 Å². The number of carbonyl (C=O) groups is 3. The maximum Gasteiger partial charge on any atom is 0.310 e.